The summed E-state index contributed by atoms with van der Waals surface area (Å²) in [6.45, 7) is 1.71. The number of benzene rings is 2. The van der Waals surface area contributed by atoms with Gasteiger partial charge in [0.15, 0.2) is 0 Å². The number of aromatic nitrogens is 1. The maximum absolute atomic E-state index is 12.8. The van der Waals surface area contributed by atoms with E-state index in [-0.39, 0.29) is 10.5 Å². The van der Waals surface area contributed by atoms with Gasteiger partial charge in [0.2, 0.25) is 10.0 Å². The second kappa shape index (κ2) is 7.20. The van der Waals surface area contributed by atoms with E-state index >= 15 is 0 Å². The quantitative estimate of drug-likeness (QED) is 0.471. The van der Waals surface area contributed by atoms with Crippen LogP contribution in [0.5, 0.6) is 0 Å². The van der Waals surface area contributed by atoms with Crippen LogP contribution >= 0.6 is 0 Å². The molecular weight excluding hydrogens is 354 g/mol. The summed E-state index contributed by atoms with van der Waals surface area (Å²) in [6, 6.07) is 12.5. The number of amides is 1. The summed E-state index contributed by atoms with van der Waals surface area (Å²) in [4.78, 5) is 15.5. The lowest BCUT2D eigenvalue weighted by Gasteiger charge is -2.16. The molecule has 0 aliphatic rings. The fourth-order valence-corrected chi connectivity index (χ4v) is 4.14. The Kier molecular flexibility index (Phi) is 4.99. The zero-order chi connectivity index (χ0) is 18.7. The average molecular weight is 371 g/mol. The van der Waals surface area contributed by atoms with Crippen molar-refractivity contribution in [2.45, 2.75) is 17.9 Å². The molecule has 8 heteroatoms. The van der Waals surface area contributed by atoms with Crippen molar-refractivity contribution in [1.29, 1.82) is 0 Å². The first-order chi connectivity index (χ1) is 12.4. The number of sulfonamides is 1. The lowest BCUT2D eigenvalue weighted by molar-refractivity contribution is 0.0706. The normalized spacial score (nSPS) is 12.7. The van der Waals surface area contributed by atoms with Gasteiger partial charge in [-0.2, -0.15) is 0 Å². The molecule has 0 bridgehead atoms. The molecule has 0 spiro atoms. The number of carbonyl (C=O) groups is 1. The second-order valence-corrected chi connectivity index (χ2v) is 7.44. The first-order valence-electron chi connectivity index (χ1n) is 7.82. The summed E-state index contributed by atoms with van der Waals surface area (Å²) < 4.78 is 28.3. The number of hydroxylamine groups is 1. The smallest absolute Gasteiger partial charge is 0.274 e. The van der Waals surface area contributed by atoms with Gasteiger partial charge in [-0.1, -0.05) is 24.3 Å². The Hall–Kier alpha value is -2.81. The van der Waals surface area contributed by atoms with Crippen LogP contribution in [0.15, 0.2) is 65.8 Å². The van der Waals surface area contributed by atoms with Gasteiger partial charge in [-0.3, -0.25) is 15.0 Å². The van der Waals surface area contributed by atoms with E-state index in [1.165, 1.54) is 12.1 Å². The molecule has 26 heavy (non-hydrogen) atoms. The summed E-state index contributed by atoms with van der Waals surface area (Å²) in [5.74, 6) is -0.630. The highest BCUT2D eigenvalue weighted by Crippen LogP contribution is 2.24. The zero-order valence-electron chi connectivity index (χ0n) is 13.9. The van der Waals surface area contributed by atoms with Crippen LogP contribution in [0.3, 0.4) is 0 Å². The summed E-state index contributed by atoms with van der Waals surface area (Å²) >= 11 is 0. The minimum atomic E-state index is -3.76. The van der Waals surface area contributed by atoms with Crippen LogP contribution in [0, 0.1) is 0 Å². The Bertz CT molecular complexity index is 1040. The largest absolute Gasteiger partial charge is 0.288 e. The lowest BCUT2D eigenvalue weighted by atomic mass is 10.1. The summed E-state index contributed by atoms with van der Waals surface area (Å²) in [7, 11) is -3.76. The summed E-state index contributed by atoms with van der Waals surface area (Å²) in [5, 5.41) is 9.97. The standard InChI is InChI=1S/C18H17N3O4S/c1-12(13-5-7-14(8-6-13)18(22)20-23)21-26(24,25)17-4-2-3-15-11-19-10-9-16(15)17/h2-12,21,23H,1H3,(H,20,22). The fraction of sp³-hybridized carbons (Fsp3) is 0.111. The molecule has 0 saturated heterocycles. The molecule has 3 aromatic rings. The van der Waals surface area contributed by atoms with Crippen LogP contribution in [0.25, 0.3) is 10.8 Å². The Morgan fingerprint density at radius 2 is 1.85 bits per heavy atom. The monoisotopic (exact) mass is 371 g/mol. The van der Waals surface area contributed by atoms with Crippen molar-refractivity contribution in [3.05, 3.63) is 72.1 Å². The molecule has 134 valence electrons. The molecule has 0 saturated carbocycles. The van der Waals surface area contributed by atoms with Gasteiger partial charge in [0.05, 0.1) is 4.90 Å². The Labute approximate surface area is 150 Å². The van der Waals surface area contributed by atoms with Gasteiger partial charge in [-0.05, 0) is 36.8 Å². The Morgan fingerprint density at radius 1 is 1.12 bits per heavy atom. The number of nitrogens with zero attached hydrogens (tertiary/aromatic N) is 1. The van der Waals surface area contributed by atoms with Crippen molar-refractivity contribution in [3.8, 4) is 0 Å². The summed E-state index contributed by atoms with van der Waals surface area (Å²) in [5.41, 5.74) is 2.51. The van der Waals surface area contributed by atoms with E-state index in [9.17, 15) is 13.2 Å². The Morgan fingerprint density at radius 3 is 2.54 bits per heavy atom. The highest BCUT2D eigenvalue weighted by molar-refractivity contribution is 7.89. The fourth-order valence-electron chi connectivity index (χ4n) is 2.68. The van der Waals surface area contributed by atoms with E-state index in [1.54, 1.807) is 61.2 Å². The van der Waals surface area contributed by atoms with Crippen LogP contribution in [-0.2, 0) is 10.0 Å². The molecule has 3 rings (SSSR count). The molecule has 0 fully saturated rings. The minimum Gasteiger partial charge on any atom is -0.288 e. The van der Waals surface area contributed by atoms with Crippen LogP contribution < -0.4 is 10.2 Å². The molecule has 2 aromatic carbocycles. The number of rotatable bonds is 5. The van der Waals surface area contributed by atoms with Crippen molar-refractivity contribution >= 4 is 26.7 Å². The zero-order valence-corrected chi connectivity index (χ0v) is 14.7. The average Bonchev–Trinajstić information content (AvgIpc) is 2.66. The van der Waals surface area contributed by atoms with Crippen molar-refractivity contribution in [3.63, 3.8) is 0 Å². The number of nitrogens with one attached hydrogen (secondary N) is 2. The van der Waals surface area contributed by atoms with Gasteiger partial charge in [0, 0.05) is 34.8 Å². The molecule has 0 aliphatic heterocycles. The maximum atomic E-state index is 12.8. The number of pyridine rings is 1. The second-order valence-electron chi connectivity index (χ2n) is 5.76. The predicted octanol–water partition coefficient (Wildman–Crippen LogP) is 2.39. The number of hydrogen-bond donors (Lipinski definition) is 3. The van der Waals surface area contributed by atoms with E-state index in [4.69, 9.17) is 5.21 Å². The van der Waals surface area contributed by atoms with Crippen LogP contribution in [0.2, 0.25) is 0 Å². The molecule has 1 atom stereocenters. The minimum absolute atomic E-state index is 0.181. The first kappa shape index (κ1) is 18.0. The van der Waals surface area contributed by atoms with Crippen molar-refractivity contribution in [1.82, 2.24) is 15.2 Å². The van der Waals surface area contributed by atoms with Crippen molar-refractivity contribution in [2.24, 2.45) is 0 Å². The first-order valence-corrected chi connectivity index (χ1v) is 9.30. The molecule has 1 unspecified atom stereocenters. The van der Waals surface area contributed by atoms with Gasteiger partial charge >= 0.3 is 0 Å². The lowest BCUT2D eigenvalue weighted by Crippen LogP contribution is -2.27. The Balaban J connectivity index is 1.88. The van der Waals surface area contributed by atoms with E-state index in [0.717, 1.165) is 5.39 Å². The highest BCUT2D eigenvalue weighted by atomic mass is 32.2. The molecular formula is C18H17N3O4S. The number of fused-ring (bicyclic) bond motifs is 1. The van der Waals surface area contributed by atoms with E-state index < -0.39 is 22.0 Å². The van der Waals surface area contributed by atoms with Gasteiger partial charge in [0.1, 0.15) is 0 Å². The highest BCUT2D eigenvalue weighted by Gasteiger charge is 2.20. The third-order valence-corrected chi connectivity index (χ3v) is 5.64. The van der Waals surface area contributed by atoms with Crippen LogP contribution in [0.4, 0.5) is 0 Å². The van der Waals surface area contributed by atoms with Crippen LogP contribution in [0.1, 0.15) is 28.9 Å². The number of carbonyl (C=O) groups excluding carboxylic acids is 1. The SMILES string of the molecule is CC(NS(=O)(=O)c1cccc2cnccc12)c1ccc(C(=O)NO)cc1. The molecule has 1 aromatic heterocycles. The van der Waals surface area contributed by atoms with Gasteiger partial charge < -0.3 is 0 Å². The van der Waals surface area contributed by atoms with Crippen molar-refractivity contribution in [2.75, 3.05) is 0 Å². The van der Waals surface area contributed by atoms with Gasteiger partial charge in [-0.25, -0.2) is 18.6 Å². The van der Waals surface area contributed by atoms with Crippen molar-refractivity contribution < 1.29 is 18.4 Å². The van der Waals surface area contributed by atoms with Crippen LogP contribution in [-0.4, -0.2) is 24.5 Å². The maximum Gasteiger partial charge on any atom is 0.274 e. The predicted molar refractivity (Wildman–Crippen MR) is 96.2 cm³/mol. The van der Waals surface area contributed by atoms with Gasteiger partial charge in [-0.15, -0.1) is 0 Å². The number of hydrogen-bond acceptors (Lipinski definition) is 5. The molecule has 3 N–H and O–H groups in total. The molecule has 0 radical (unpaired) electrons. The van der Waals surface area contributed by atoms with E-state index in [2.05, 4.69) is 9.71 Å². The molecule has 0 aliphatic carbocycles. The molecule has 1 heterocycles. The van der Waals surface area contributed by atoms with E-state index in [0.29, 0.717) is 10.9 Å². The van der Waals surface area contributed by atoms with E-state index in [1.807, 2.05) is 0 Å². The molecule has 7 nitrogen and oxygen atoms in total. The van der Waals surface area contributed by atoms with Gasteiger partial charge in [0.25, 0.3) is 5.91 Å². The molecule has 1 amide bonds. The topological polar surface area (TPSA) is 108 Å². The third kappa shape index (κ3) is 3.57. The summed E-state index contributed by atoms with van der Waals surface area (Å²) in [6.07, 6.45) is 3.17. The third-order valence-electron chi connectivity index (χ3n) is 4.04.